The number of fused-ring (bicyclic) bond motifs is 3. The normalized spacial score (nSPS) is 12.2. The lowest BCUT2D eigenvalue weighted by atomic mass is 10.2. The highest BCUT2D eigenvalue weighted by Gasteiger charge is 2.19. The second kappa shape index (κ2) is 3.77. The number of nitrogen functional groups attached to an aromatic ring is 1. The number of methoxy groups -OCH3 is 1. The largest absolute Gasteiger partial charge is 0.494 e. The molecule has 7 nitrogen and oxygen atoms in total. The molecule has 0 atom stereocenters. The molecule has 0 amide bonds. The van der Waals surface area contributed by atoms with E-state index < -0.39 is 0 Å². The van der Waals surface area contributed by atoms with E-state index in [9.17, 15) is 0 Å². The van der Waals surface area contributed by atoms with Crippen LogP contribution in [0, 0.1) is 0 Å². The second-order valence-electron chi connectivity index (χ2n) is 4.43. The highest BCUT2D eigenvalue weighted by Crippen LogP contribution is 2.43. The van der Waals surface area contributed by atoms with Crippen molar-refractivity contribution in [2.24, 2.45) is 10.2 Å². The average molecular weight is 266 g/mol. The third-order valence-electron chi connectivity index (χ3n) is 3.26. The van der Waals surface area contributed by atoms with Crippen LogP contribution in [-0.2, 0) is 0 Å². The maximum Gasteiger partial charge on any atom is 0.146 e. The first-order valence-corrected chi connectivity index (χ1v) is 6.02. The molecule has 0 spiro atoms. The number of ether oxygens (including phenoxy) is 1. The summed E-state index contributed by atoms with van der Waals surface area (Å²) >= 11 is 0. The molecule has 98 valence electrons. The van der Waals surface area contributed by atoms with E-state index in [1.807, 2.05) is 18.2 Å². The van der Waals surface area contributed by atoms with E-state index in [0.717, 1.165) is 28.1 Å². The molecule has 1 aliphatic heterocycles. The molecule has 2 N–H and O–H groups in total. The van der Waals surface area contributed by atoms with Crippen LogP contribution < -0.4 is 10.5 Å². The first-order valence-electron chi connectivity index (χ1n) is 6.02. The summed E-state index contributed by atoms with van der Waals surface area (Å²) in [7, 11) is 1.60. The summed E-state index contributed by atoms with van der Waals surface area (Å²) in [5.74, 6) is 0.640. The van der Waals surface area contributed by atoms with E-state index in [1.54, 1.807) is 23.9 Å². The third kappa shape index (κ3) is 1.34. The van der Waals surface area contributed by atoms with E-state index >= 15 is 0 Å². The Labute approximate surface area is 113 Å². The second-order valence-corrected chi connectivity index (χ2v) is 4.43. The zero-order valence-corrected chi connectivity index (χ0v) is 10.6. The van der Waals surface area contributed by atoms with Crippen LogP contribution in [0.15, 0.2) is 40.6 Å². The molecule has 0 saturated carbocycles. The number of benzene rings is 2. The van der Waals surface area contributed by atoms with Crippen molar-refractivity contribution in [3.05, 3.63) is 30.3 Å². The molecule has 2 heterocycles. The summed E-state index contributed by atoms with van der Waals surface area (Å²) in [5.41, 5.74) is 10.4. The molecule has 1 aliphatic rings. The van der Waals surface area contributed by atoms with Crippen LogP contribution in [0.4, 0.5) is 17.1 Å². The van der Waals surface area contributed by atoms with Gasteiger partial charge in [-0.05, 0) is 24.3 Å². The van der Waals surface area contributed by atoms with E-state index in [-0.39, 0.29) is 0 Å². The topological polar surface area (TPSA) is 90.7 Å². The molecule has 7 heteroatoms. The van der Waals surface area contributed by atoms with Crippen molar-refractivity contribution in [3.63, 3.8) is 0 Å². The van der Waals surface area contributed by atoms with E-state index in [4.69, 9.17) is 10.5 Å². The van der Waals surface area contributed by atoms with Crippen LogP contribution in [0.25, 0.3) is 16.7 Å². The van der Waals surface area contributed by atoms with Gasteiger partial charge in [0.1, 0.15) is 28.3 Å². The molecule has 0 radical (unpaired) electrons. The van der Waals surface area contributed by atoms with Crippen molar-refractivity contribution < 1.29 is 4.74 Å². The van der Waals surface area contributed by atoms with Gasteiger partial charge in [-0.2, -0.15) is 0 Å². The van der Waals surface area contributed by atoms with Gasteiger partial charge in [-0.25, -0.2) is 4.68 Å². The lowest BCUT2D eigenvalue weighted by molar-refractivity contribution is 0.412. The van der Waals surface area contributed by atoms with Gasteiger partial charge in [-0.15, -0.1) is 15.3 Å². The zero-order chi connectivity index (χ0) is 13.7. The molecule has 4 rings (SSSR count). The number of hydrogen-bond donors (Lipinski definition) is 1. The fourth-order valence-corrected chi connectivity index (χ4v) is 2.25. The number of rotatable bonds is 2. The number of azo groups is 1. The highest BCUT2D eigenvalue weighted by molar-refractivity contribution is 5.95. The Morgan fingerprint density at radius 1 is 1.15 bits per heavy atom. The summed E-state index contributed by atoms with van der Waals surface area (Å²) in [6.45, 7) is 0. The number of aromatic nitrogens is 3. The van der Waals surface area contributed by atoms with Crippen molar-refractivity contribution in [1.29, 1.82) is 0 Å². The molecule has 0 unspecified atom stereocenters. The van der Waals surface area contributed by atoms with Gasteiger partial charge in [0, 0.05) is 11.8 Å². The monoisotopic (exact) mass is 266 g/mol. The van der Waals surface area contributed by atoms with Crippen molar-refractivity contribution in [3.8, 4) is 11.4 Å². The molecular formula is C13H10N6O. The average Bonchev–Trinajstić information content (AvgIpc) is 2.81. The minimum absolute atomic E-state index is 0.632. The SMILES string of the molecule is COc1cc(N)ccc1-n1nnc2c3c(ccc21)N=N3. The minimum atomic E-state index is 0.632. The minimum Gasteiger partial charge on any atom is -0.494 e. The molecule has 0 bridgehead atoms. The lowest BCUT2D eigenvalue weighted by Crippen LogP contribution is -2.01. The smallest absolute Gasteiger partial charge is 0.146 e. The molecular weight excluding hydrogens is 256 g/mol. The maximum absolute atomic E-state index is 5.77. The fraction of sp³-hybridized carbons (Fsp3) is 0.0769. The van der Waals surface area contributed by atoms with Crippen LogP contribution in [0.2, 0.25) is 0 Å². The van der Waals surface area contributed by atoms with Crippen molar-refractivity contribution in [2.45, 2.75) is 0 Å². The van der Waals surface area contributed by atoms with Gasteiger partial charge >= 0.3 is 0 Å². The molecule has 0 aliphatic carbocycles. The molecule has 0 saturated heterocycles. The van der Waals surface area contributed by atoms with Crippen LogP contribution in [0.5, 0.6) is 5.75 Å². The van der Waals surface area contributed by atoms with Gasteiger partial charge in [0.25, 0.3) is 0 Å². The Kier molecular flexibility index (Phi) is 2.06. The van der Waals surface area contributed by atoms with Crippen LogP contribution in [-0.4, -0.2) is 22.1 Å². The van der Waals surface area contributed by atoms with Gasteiger partial charge in [0.05, 0.1) is 12.6 Å². The summed E-state index contributed by atoms with van der Waals surface area (Å²) < 4.78 is 7.07. The number of anilines is 1. The Morgan fingerprint density at radius 2 is 2.05 bits per heavy atom. The predicted molar refractivity (Wildman–Crippen MR) is 74.0 cm³/mol. The lowest BCUT2D eigenvalue weighted by Gasteiger charge is -2.10. The molecule has 0 fully saturated rings. The number of nitrogens with two attached hydrogens (primary N) is 1. The summed E-state index contributed by atoms with van der Waals surface area (Å²) in [5, 5.41) is 16.3. The zero-order valence-electron chi connectivity index (χ0n) is 10.6. The van der Waals surface area contributed by atoms with Crippen LogP contribution >= 0.6 is 0 Å². The van der Waals surface area contributed by atoms with Gasteiger partial charge in [0.2, 0.25) is 0 Å². The fourth-order valence-electron chi connectivity index (χ4n) is 2.25. The molecule has 3 aromatic rings. The first-order chi connectivity index (χ1) is 9.78. The van der Waals surface area contributed by atoms with Gasteiger partial charge < -0.3 is 10.5 Å². The van der Waals surface area contributed by atoms with Crippen molar-refractivity contribution in [2.75, 3.05) is 12.8 Å². The van der Waals surface area contributed by atoms with Crippen LogP contribution in [0.3, 0.4) is 0 Å². The maximum atomic E-state index is 5.77. The van der Waals surface area contributed by atoms with E-state index in [2.05, 4.69) is 20.5 Å². The van der Waals surface area contributed by atoms with Gasteiger partial charge in [-0.1, -0.05) is 5.21 Å². The Morgan fingerprint density at radius 3 is 2.80 bits per heavy atom. The predicted octanol–water partition coefficient (Wildman–Crippen LogP) is 2.74. The highest BCUT2D eigenvalue weighted by atomic mass is 16.5. The van der Waals surface area contributed by atoms with Gasteiger partial charge in [0.15, 0.2) is 0 Å². The van der Waals surface area contributed by atoms with E-state index in [0.29, 0.717) is 11.4 Å². The first kappa shape index (κ1) is 10.9. The molecule has 2 aromatic carbocycles. The molecule has 20 heavy (non-hydrogen) atoms. The Bertz CT molecular complexity index is 867. The quantitative estimate of drug-likeness (QED) is 0.565. The summed E-state index contributed by atoms with van der Waals surface area (Å²) in [4.78, 5) is 0. The summed E-state index contributed by atoms with van der Waals surface area (Å²) in [6.07, 6.45) is 0. The Hall–Kier alpha value is -2.96. The molecule has 1 aromatic heterocycles. The van der Waals surface area contributed by atoms with Gasteiger partial charge in [-0.3, -0.25) is 0 Å². The van der Waals surface area contributed by atoms with Crippen molar-refractivity contribution in [1.82, 2.24) is 15.0 Å². The number of hydrogen-bond acceptors (Lipinski definition) is 6. The third-order valence-corrected chi connectivity index (χ3v) is 3.26. The van der Waals surface area contributed by atoms with Crippen molar-refractivity contribution >= 4 is 28.1 Å². The standard InChI is InChI=1S/C13H10N6O/c1-20-11-6-7(14)2-4-9(11)19-10-5-3-8-12(16-15-8)13(10)17-18-19/h2-6H,14H2,1H3. The summed E-state index contributed by atoms with van der Waals surface area (Å²) in [6, 6.07) is 9.22. The Balaban J connectivity index is 1.98. The number of nitrogens with zero attached hydrogens (tertiary/aromatic N) is 5. The van der Waals surface area contributed by atoms with Crippen LogP contribution in [0.1, 0.15) is 0 Å². The van der Waals surface area contributed by atoms with E-state index in [1.165, 1.54) is 0 Å².